The molecule has 166 valence electrons. The summed E-state index contributed by atoms with van der Waals surface area (Å²) in [6.07, 6.45) is -5.01. The van der Waals surface area contributed by atoms with Gasteiger partial charge in [0.25, 0.3) is 0 Å². The van der Waals surface area contributed by atoms with Gasteiger partial charge in [0.05, 0.1) is 5.69 Å². The summed E-state index contributed by atoms with van der Waals surface area (Å²) in [5, 5.41) is 3.88. The summed E-state index contributed by atoms with van der Waals surface area (Å²) in [6, 6.07) is 14.9. The SMILES string of the molecule is NCCn1cc(-c2ccnc(Nc3cccc(OC(F)(F)C(F)F)c3)n2)c2ccccc21. The van der Waals surface area contributed by atoms with Crippen LogP contribution in [0.5, 0.6) is 5.75 Å². The first-order chi connectivity index (χ1) is 15.4. The van der Waals surface area contributed by atoms with Gasteiger partial charge >= 0.3 is 12.5 Å². The lowest BCUT2D eigenvalue weighted by Crippen LogP contribution is -2.33. The summed E-state index contributed by atoms with van der Waals surface area (Å²) in [7, 11) is 0. The number of alkyl halides is 4. The zero-order chi connectivity index (χ0) is 22.7. The van der Waals surface area contributed by atoms with Crippen LogP contribution in [0.25, 0.3) is 22.2 Å². The van der Waals surface area contributed by atoms with Crippen molar-refractivity contribution in [1.29, 1.82) is 0 Å². The predicted octanol–water partition coefficient (Wildman–Crippen LogP) is 5.04. The van der Waals surface area contributed by atoms with Crippen molar-refractivity contribution >= 4 is 22.5 Å². The van der Waals surface area contributed by atoms with Crippen LogP contribution < -0.4 is 15.8 Å². The lowest BCUT2D eigenvalue weighted by molar-refractivity contribution is -0.253. The molecule has 6 nitrogen and oxygen atoms in total. The van der Waals surface area contributed by atoms with Gasteiger partial charge in [0.2, 0.25) is 5.95 Å². The van der Waals surface area contributed by atoms with Gasteiger partial charge in [0, 0.05) is 53.7 Å². The van der Waals surface area contributed by atoms with Gasteiger partial charge in [0.15, 0.2) is 0 Å². The zero-order valence-electron chi connectivity index (χ0n) is 16.7. The average Bonchev–Trinajstić information content (AvgIpc) is 3.13. The molecular formula is C22H19F4N5O. The number of halogens is 4. The Morgan fingerprint density at radius 3 is 2.69 bits per heavy atom. The van der Waals surface area contributed by atoms with Crippen LogP contribution in [-0.2, 0) is 6.54 Å². The number of rotatable bonds is 8. The van der Waals surface area contributed by atoms with E-state index >= 15 is 0 Å². The van der Waals surface area contributed by atoms with Crippen molar-refractivity contribution < 1.29 is 22.3 Å². The molecular weight excluding hydrogens is 426 g/mol. The summed E-state index contributed by atoms with van der Waals surface area (Å²) in [5.74, 6) is -0.211. The first-order valence-corrected chi connectivity index (χ1v) is 9.71. The molecule has 0 bridgehead atoms. The van der Waals surface area contributed by atoms with Gasteiger partial charge in [-0.05, 0) is 24.3 Å². The molecule has 0 saturated carbocycles. The maximum absolute atomic E-state index is 13.2. The van der Waals surface area contributed by atoms with E-state index in [1.165, 1.54) is 12.1 Å². The molecule has 0 spiro atoms. The van der Waals surface area contributed by atoms with E-state index in [1.54, 1.807) is 18.3 Å². The largest absolute Gasteiger partial charge is 0.461 e. The lowest BCUT2D eigenvalue weighted by Gasteiger charge is -2.17. The smallest absolute Gasteiger partial charge is 0.428 e. The molecule has 10 heteroatoms. The van der Waals surface area contributed by atoms with Gasteiger partial charge in [-0.3, -0.25) is 0 Å². The average molecular weight is 445 g/mol. The second-order valence-corrected chi connectivity index (χ2v) is 6.92. The van der Waals surface area contributed by atoms with E-state index in [9.17, 15) is 17.6 Å². The van der Waals surface area contributed by atoms with Crippen molar-refractivity contribution in [2.45, 2.75) is 19.1 Å². The number of nitrogens with zero attached hydrogens (tertiary/aromatic N) is 3. The van der Waals surface area contributed by atoms with E-state index in [4.69, 9.17) is 5.73 Å². The van der Waals surface area contributed by atoms with E-state index in [2.05, 4.69) is 20.0 Å². The first kappa shape index (κ1) is 21.6. The van der Waals surface area contributed by atoms with Crippen LogP contribution in [0.1, 0.15) is 0 Å². The monoisotopic (exact) mass is 445 g/mol. The fourth-order valence-corrected chi connectivity index (χ4v) is 3.31. The van der Waals surface area contributed by atoms with Crippen LogP contribution in [-0.4, -0.2) is 33.6 Å². The molecule has 3 N–H and O–H groups in total. The third-order valence-corrected chi connectivity index (χ3v) is 4.69. The number of hydrogen-bond acceptors (Lipinski definition) is 5. The quantitative estimate of drug-likeness (QED) is 0.372. The van der Waals surface area contributed by atoms with E-state index in [1.807, 2.05) is 35.0 Å². The van der Waals surface area contributed by atoms with Crippen molar-refractivity contribution in [2.75, 3.05) is 11.9 Å². The number of fused-ring (bicyclic) bond motifs is 1. The van der Waals surface area contributed by atoms with Gasteiger partial charge < -0.3 is 20.4 Å². The van der Waals surface area contributed by atoms with Crippen molar-refractivity contribution in [3.05, 3.63) is 67.0 Å². The van der Waals surface area contributed by atoms with Gasteiger partial charge in [-0.1, -0.05) is 24.3 Å². The number of nitrogens with two attached hydrogens (primary N) is 1. The molecule has 0 radical (unpaired) electrons. The van der Waals surface area contributed by atoms with Crippen molar-refractivity contribution in [3.63, 3.8) is 0 Å². The standard InChI is InChI=1S/C22H19F4N5O/c23-20(24)22(25,26)32-15-5-3-4-14(12-15)29-21-28-10-8-18(30-21)17-13-31(11-9-27)19-7-2-1-6-16(17)19/h1-8,10,12-13,20H,9,11,27H2,(H,28,29,30). The van der Waals surface area contributed by atoms with Gasteiger partial charge in [-0.2, -0.15) is 17.6 Å². The molecule has 4 aromatic rings. The van der Waals surface area contributed by atoms with E-state index in [-0.39, 0.29) is 5.95 Å². The normalized spacial score (nSPS) is 11.8. The van der Waals surface area contributed by atoms with Gasteiger partial charge in [-0.25, -0.2) is 9.97 Å². The topological polar surface area (TPSA) is 78.0 Å². The first-order valence-electron chi connectivity index (χ1n) is 9.71. The van der Waals surface area contributed by atoms with E-state index in [0.29, 0.717) is 24.5 Å². The van der Waals surface area contributed by atoms with Gasteiger partial charge in [-0.15, -0.1) is 0 Å². The Morgan fingerprint density at radius 2 is 1.91 bits per heavy atom. The third kappa shape index (κ3) is 4.50. The molecule has 0 fully saturated rings. The van der Waals surface area contributed by atoms with E-state index < -0.39 is 18.3 Å². The fourth-order valence-electron chi connectivity index (χ4n) is 3.31. The van der Waals surface area contributed by atoms with Crippen molar-refractivity contribution in [2.24, 2.45) is 5.73 Å². The van der Waals surface area contributed by atoms with Crippen molar-refractivity contribution in [3.8, 4) is 17.0 Å². The third-order valence-electron chi connectivity index (χ3n) is 4.69. The lowest BCUT2D eigenvalue weighted by atomic mass is 10.1. The minimum atomic E-state index is -4.59. The van der Waals surface area contributed by atoms with Gasteiger partial charge in [0.1, 0.15) is 5.75 Å². The summed E-state index contributed by atoms with van der Waals surface area (Å²) < 4.78 is 57.3. The molecule has 0 saturated heterocycles. The Balaban J connectivity index is 1.62. The number of ether oxygens (including phenoxy) is 1. The Labute approximate surface area is 180 Å². The number of nitrogens with one attached hydrogen (secondary N) is 1. The Morgan fingerprint density at radius 1 is 1.09 bits per heavy atom. The minimum absolute atomic E-state index is 0.205. The van der Waals surface area contributed by atoms with Crippen LogP contribution in [0.3, 0.4) is 0 Å². The fraction of sp³-hybridized carbons (Fsp3) is 0.182. The zero-order valence-corrected chi connectivity index (χ0v) is 16.7. The van der Waals surface area contributed by atoms with Crippen LogP contribution in [0, 0.1) is 0 Å². The highest BCUT2D eigenvalue weighted by atomic mass is 19.3. The number of benzene rings is 2. The molecule has 0 atom stereocenters. The minimum Gasteiger partial charge on any atom is -0.428 e. The molecule has 2 aromatic heterocycles. The Bertz CT molecular complexity index is 1230. The number of para-hydroxylation sites is 1. The van der Waals surface area contributed by atoms with E-state index in [0.717, 1.165) is 22.5 Å². The highest BCUT2D eigenvalue weighted by Crippen LogP contribution is 2.31. The van der Waals surface area contributed by atoms with Crippen LogP contribution in [0.2, 0.25) is 0 Å². The molecule has 4 rings (SSSR count). The molecule has 0 aliphatic carbocycles. The summed E-state index contributed by atoms with van der Waals surface area (Å²) in [4.78, 5) is 8.68. The molecule has 0 unspecified atom stereocenters. The van der Waals surface area contributed by atoms with Crippen LogP contribution in [0.4, 0.5) is 29.2 Å². The highest BCUT2D eigenvalue weighted by molar-refractivity contribution is 5.95. The predicted molar refractivity (Wildman–Crippen MR) is 113 cm³/mol. The van der Waals surface area contributed by atoms with Crippen molar-refractivity contribution in [1.82, 2.24) is 14.5 Å². The molecule has 0 aliphatic heterocycles. The number of aromatic nitrogens is 3. The van der Waals surface area contributed by atoms with Crippen LogP contribution in [0.15, 0.2) is 67.0 Å². The second kappa shape index (κ2) is 8.83. The summed E-state index contributed by atoms with van der Waals surface area (Å²) >= 11 is 0. The highest BCUT2D eigenvalue weighted by Gasteiger charge is 2.44. The molecule has 0 amide bonds. The number of anilines is 2. The van der Waals surface area contributed by atoms with Crippen LogP contribution >= 0.6 is 0 Å². The Kier molecular flexibility index (Phi) is 5.95. The molecule has 2 aromatic carbocycles. The maximum atomic E-state index is 13.2. The molecule has 2 heterocycles. The number of hydrogen-bond donors (Lipinski definition) is 2. The Hall–Kier alpha value is -3.66. The molecule has 32 heavy (non-hydrogen) atoms. The summed E-state index contributed by atoms with van der Waals surface area (Å²) in [6.45, 7) is 1.13. The molecule has 0 aliphatic rings. The maximum Gasteiger partial charge on any atom is 0.461 e. The summed E-state index contributed by atoms with van der Waals surface area (Å²) in [5.41, 5.74) is 8.57. The second-order valence-electron chi connectivity index (χ2n) is 6.92.